The zero-order chi connectivity index (χ0) is 12.5. The Morgan fingerprint density at radius 1 is 1.22 bits per heavy atom. The van der Waals surface area contributed by atoms with E-state index in [4.69, 9.17) is 5.84 Å². The molecule has 2 N–H and O–H groups in total. The first-order valence-corrected chi connectivity index (χ1v) is 6.14. The van der Waals surface area contributed by atoms with E-state index in [-0.39, 0.29) is 5.56 Å². The van der Waals surface area contributed by atoms with E-state index in [9.17, 15) is 4.79 Å². The van der Waals surface area contributed by atoms with Crippen LogP contribution in [0.5, 0.6) is 0 Å². The lowest BCUT2D eigenvalue weighted by atomic mass is 10.1. The number of pyridine rings is 1. The smallest absolute Gasteiger partial charge is 0.279 e. The molecular formula is C12H15N5O. The number of anilines is 1. The van der Waals surface area contributed by atoms with E-state index in [2.05, 4.69) is 14.9 Å². The van der Waals surface area contributed by atoms with Crippen LogP contribution in [0.25, 0.3) is 10.9 Å². The second-order valence-corrected chi connectivity index (χ2v) is 4.54. The molecule has 2 aromatic heterocycles. The van der Waals surface area contributed by atoms with Gasteiger partial charge in [-0.25, -0.2) is 14.6 Å². The first-order chi connectivity index (χ1) is 8.75. The van der Waals surface area contributed by atoms with Gasteiger partial charge in [-0.3, -0.25) is 4.79 Å². The number of fused-ring (bicyclic) bond motifs is 1. The van der Waals surface area contributed by atoms with Crippen molar-refractivity contribution in [2.45, 2.75) is 19.3 Å². The summed E-state index contributed by atoms with van der Waals surface area (Å²) in [5.41, 5.74) is 0.384. The maximum Gasteiger partial charge on any atom is 0.279 e. The van der Waals surface area contributed by atoms with Crippen molar-refractivity contribution in [3.8, 4) is 0 Å². The van der Waals surface area contributed by atoms with Crippen LogP contribution >= 0.6 is 0 Å². The molecule has 0 unspecified atom stereocenters. The van der Waals surface area contributed by atoms with Gasteiger partial charge in [-0.05, 0) is 25.3 Å². The Balaban J connectivity index is 2.06. The van der Waals surface area contributed by atoms with Gasteiger partial charge in [-0.1, -0.05) is 0 Å². The Kier molecular flexibility index (Phi) is 2.62. The maximum absolute atomic E-state index is 11.8. The Morgan fingerprint density at radius 3 is 2.78 bits per heavy atom. The number of hydrogen-bond donors (Lipinski definition) is 1. The van der Waals surface area contributed by atoms with Crippen LogP contribution in [0.15, 0.2) is 23.3 Å². The minimum Gasteiger partial charge on any atom is -0.341 e. The summed E-state index contributed by atoms with van der Waals surface area (Å²) in [5, 5.41) is 0.459. The lowest BCUT2D eigenvalue weighted by molar-refractivity contribution is 0.569. The maximum atomic E-state index is 11.8. The van der Waals surface area contributed by atoms with Gasteiger partial charge in [0.05, 0.1) is 10.9 Å². The number of nitrogens with zero attached hydrogens (tertiary/aromatic N) is 4. The van der Waals surface area contributed by atoms with E-state index in [0.717, 1.165) is 17.8 Å². The molecule has 0 amide bonds. The molecule has 0 saturated carbocycles. The van der Waals surface area contributed by atoms with Crippen LogP contribution in [-0.4, -0.2) is 27.7 Å². The molecule has 0 aliphatic carbocycles. The summed E-state index contributed by atoms with van der Waals surface area (Å²) in [6.45, 7) is 1.97. The van der Waals surface area contributed by atoms with E-state index in [1.807, 2.05) is 0 Å². The van der Waals surface area contributed by atoms with E-state index < -0.39 is 0 Å². The Morgan fingerprint density at radius 2 is 2.00 bits per heavy atom. The van der Waals surface area contributed by atoms with Gasteiger partial charge < -0.3 is 10.7 Å². The fraction of sp³-hybridized carbons (Fsp3) is 0.417. The van der Waals surface area contributed by atoms with Crippen molar-refractivity contribution in [3.05, 3.63) is 28.8 Å². The molecule has 0 aromatic carbocycles. The molecule has 0 radical (unpaired) electrons. The summed E-state index contributed by atoms with van der Waals surface area (Å²) in [7, 11) is 0. The van der Waals surface area contributed by atoms with Crippen LogP contribution in [0.3, 0.4) is 0 Å². The first kappa shape index (κ1) is 11.0. The molecule has 1 aliphatic heterocycles. The zero-order valence-electron chi connectivity index (χ0n) is 10.0. The monoisotopic (exact) mass is 245 g/mol. The number of nitrogen functional groups attached to an aromatic ring is 1. The standard InChI is InChI=1S/C12H15N5O/c13-17-7-4-10-9(11(17)18)8-14-12(15-10)16-5-2-1-3-6-16/h4,7-8H,1-3,5-6,13H2. The second kappa shape index (κ2) is 4.29. The highest BCUT2D eigenvalue weighted by molar-refractivity contribution is 5.77. The van der Waals surface area contributed by atoms with Gasteiger partial charge in [-0.2, -0.15) is 0 Å². The van der Waals surface area contributed by atoms with Gasteiger partial charge in [-0.15, -0.1) is 0 Å². The lowest BCUT2D eigenvalue weighted by Gasteiger charge is -2.26. The van der Waals surface area contributed by atoms with E-state index in [1.165, 1.54) is 25.5 Å². The lowest BCUT2D eigenvalue weighted by Crippen LogP contribution is -2.31. The number of piperidine rings is 1. The summed E-state index contributed by atoms with van der Waals surface area (Å²) >= 11 is 0. The SMILES string of the molecule is Nn1ccc2nc(N3CCCCC3)ncc2c1=O. The van der Waals surface area contributed by atoms with Crippen LogP contribution in [0, 0.1) is 0 Å². The highest BCUT2D eigenvalue weighted by Gasteiger charge is 2.14. The van der Waals surface area contributed by atoms with Crippen LogP contribution in [0.4, 0.5) is 5.95 Å². The van der Waals surface area contributed by atoms with Crippen molar-refractivity contribution in [2.24, 2.45) is 0 Å². The quantitative estimate of drug-likeness (QED) is 0.740. The minimum absolute atomic E-state index is 0.266. The summed E-state index contributed by atoms with van der Waals surface area (Å²) in [6.07, 6.45) is 6.70. The molecule has 1 saturated heterocycles. The molecule has 0 bridgehead atoms. The van der Waals surface area contributed by atoms with Crippen molar-refractivity contribution in [1.82, 2.24) is 14.6 Å². The predicted octanol–water partition coefficient (Wildman–Crippen LogP) is 0.496. The molecule has 94 valence electrons. The van der Waals surface area contributed by atoms with Crippen LogP contribution in [-0.2, 0) is 0 Å². The molecule has 2 aromatic rings. The third kappa shape index (κ3) is 1.79. The summed E-state index contributed by atoms with van der Waals surface area (Å²) in [5.74, 6) is 6.21. The highest BCUT2D eigenvalue weighted by Crippen LogP contribution is 2.17. The zero-order valence-corrected chi connectivity index (χ0v) is 10.0. The molecule has 6 heteroatoms. The third-order valence-corrected chi connectivity index (χ3v) is 3.30. The molecule has 18 heavy (non-hydrogen) atoms. The van der Waals surface area contributed by atoms with Gasteiger partial charge >= 0.3 is 0 Å². The van der Waals surface area contributed by atoms with Crippen molar-refractivity contribution in [3.63, 3.8) is 0 Å². The Bertz CT molecular complexity index is 630. The van der Waals surface area contributed by atoms with Crippen molar-refractivity contribution in [1.29, 1.82) is 0 Å². The molecule has 1 fully saturated rings. The first-order valence-electron chi connectivity index (χ1n) is 6.14. The van der Waals surface area contributed by atoms with Crippen LogP contribution in [0.1, 0.15) is 19.3 Å². The second-order valence-electron chi connectivity index (χ2n) is 4.54. The molecule has 6 nitrogen and oxygen atoms in total. The van der Waals surface area contributed by atoms with Gasteiger partial charge in [0.25, 0.3) is 5.56 Å². The highest BCUT2D eigenvalue weighted by atomic mass is 16.1. The molecular weight excluding hydrogens is 230 g/mol. The number of hydrogen-bond acceptors (Lipinski definition) is 5. The number of rotatable bonds is 1. The van der Waals surface area contributed by atoms with E-state index in [1.54, 1.807) is 12.3 Å². The Labute approximate surface area is 104 Å². The fourth-order valence-electron chi connectivity index (χ4n) is 2.28. The predicted molar refractivity (Wildman–Crippen MR) is 70.0 cm³/mol. The third-order valence-electron chi connectivity index (χ3n) is 3.30. The average Bonchev–Trinajstić information content (AvgIpc) is 2.44. The van der Waals surface area contributed by atoms with E-state index in [0.29, 0.717) is 16.9 Å². The molecule has 1 aliphatic rings. The average molecular weight is 245 g/mol. The van der Waals surface area contributed by atoms with E-state index >= 15 is 0 Å². The van der Waals surface area contributed by atoms with Gasteiger partial charge in [0.15, 0.2) is 0 Å². The summed E-state index contributed by atoms with van der Waals surface area (Å²) in [4.78, 5) is 22.6. The van der Waals surface area contributed by atoms with Gasteiger partial charge in [0.1, 0.15) is 0 Å². The number of nitrogens with two attached hydrogens (primary N) is 1. The summed E-state index contributed by atoms with van der Waals surface area (Å²) in [6, 6.07) is 1.74. The van der Waals surface area contributed by atoms with Crippen LogP contribution in [0.2, 0.25) is 0 Å². The molecule has 3 heterocycles. The molecule has 0 spiro atoms. The number of aromatic nitrogens is 3. The fourth-order valence-corrected chi connectivity index (χ4v) is 2.28. The summed E-state index contributed by atoms with van der Waals surface area (Å²) < 4.78 is 1.05. The molecule has 0 atom stereocenters. The topological polar surface area (TPSA) is 77.0 Å². The van der Waals surface area contributed by atoms with Gasteiger partial charge in [0.2, 0.25) is 5.95 Å². The molecule has 3 rings (SSSR count). The van der Waals surface area contributed by atoms with Crippen LogP contribution < -0.4 is 16.3 Å². The van der Waals surface area contributed by atoms with Crippen molar-refractivity contribution < 1.29 is 0 Å². The normalized spacial score (nSPS) is 16.1. The minimum atomic E-state index is -0.266. The largest absolute Gasteiger partial charge is 0.341 e. The van der Waals surface area contributed by atoms with Gasteiger partial charge in [0, 0.05) is 25.5 Å². The Hall–Kier alpha value is -2.11. The van der Waals surface area contributed by atoms with Crippen molar-refractivity contribution in [2.75, 3.05) is 23.8 Å². The van der Waals surface area contributed by atoms with Crippen molar-refractivity contribution >= 4 is 16.9 Å².